The van der Waals surface area contributed by atoms with Gasteiger partial charge in [0, 0.05) is 34.4 Å². The van der Waals surface area contributed by atoms with Crippen LogP contribution in [0, 0.1) is 11.8 Å². The van der Waals surface area contributed by atoms with E-state index in [0.717, 1.165) is 58.0 Å². The summed E-state index contributed by atoms with van der Waals surface area (Å²) in [5.74, 6) is 0.0183. The second-order valence-electron chi connectivity index (χ2n) is 11.1. The van der Waals surface area contributed by atoms with Gasteiger partial charge >= 0.3 is 5.97 Å². The SMILES string of the molecule is CCCN(CCC)CCC(O)(C=CC1OC(=O)C=CC1CC)C(CC(O)C=CC=CC1CCCC(O)C1)OP. The van der Waals surface area contributed by atoms with Crippen LogP contribution in [0.4, 0.5) is 0 Å². The van der Waals surface area contributed by atoms with E-state index in [9.17, 15) is 20.1 Å². The second-order valence-corrected chi connectivity index (χ2v) is 11.3. The van der Waals surface area contributed by atoms with Crippen LogP contribution < -0.4 is 0 Å². The van der Waals surface area contributed by atoms with Gasteiger partial charge < -0.3 is 29.5 Å². The maximum Gasteiger partial charge on any atom is 0.331 e. The zero-order chi connectivity index (χ0) is 28.7. The summed E-state index contributed by atoms with van der Waals surface area (Å²) in [6.07, 6.45) is 19.4. The Labute approximate surface area is 238 Å². The van der Waals surface area contributed by atoms with E-state index in [1.165, 1.54) is 6.08 Å². The smallest absolute Gasteiger partial charge is 0.331 e. The summed E-state index contributed by atoms with van der Waals surface area (Å²) in [6, 6.07) is 0. The summed E-state index contributed by atoms with van der Waals surface area (Å²) in [4.78, 5) is 14.2. The first-order valence-electron chi connectivity index (χ1n) is 14.8. The van der Waals surface area contributed by atoms with Crippen molar-refractivity contribution < 1.29 is 29.4 Å². The van der Waals surface area contributed by atoms with Crippen LogP contribution in [0.5, 0.6) is 0 Å². The van der Waals surface area contributed by atoms with E-state index in [1.54, 1.807) is 18.2 Å². The summed E-state index contributed by atoms with van der Waals surface area (Å²) < 4.78 is 11.2. The second kappa shape index (κ2) is 18.2. The molecule has 7 nitrogen and oxygen atoms in total. The minimum Gasteiger partial charge on any atom is -0.454 e. The molecule has 0 radical (unpaired) electrons. The number of aliphatic hydroxyl groups is 3. The van der Waals surface area contributed by atoms with Crippen LogP contribution in [0.1, 0.15) is 78.6 Å². The van der Waals surface area contributed by atoms with Crippen molar-refractivity contribution in [2.75, 3.05) is 19.6 Å². The quantitative estimate of drug-likeness (QED) is 0.100. The number of carbonyl (C=O) groups excluding carboxylic acids is 1. The Morgan fingerprint density at radius 1 is 1.18 bits per heavy atom. The number of hydrogen-bond acceptors (Lipinski definition) is 7. The van der Waals surface area contributed by atoms with Crippen molar-refractivity contribution in [2.24, 2.45) is 11.8 Å². The number of cyclic esters (lactones) is 1. The molecule has 1 aliphatic carbocycles. The van der Waals surface area contributed by atoms with Crippen LogP contribution in [0.25, 0.3) is 0 Å². The maximum absolute atomic E-state index is 11.9. The monoisotopic (exact) mass is 565 g/mol. The molecule has 0 spiro atoms. The number of carbonyl (C=O) groups is 1. The normalized spacial score (nSPS) is 27.4. The van der Waals surface area contributed by atoms with Crippen molar-refractivity contribution in [3.63, 3.8) is 0 Å². The van der Waals surface area contributed by atoms with Crippen LogP contribution in [0.3, 0.4) is 0 Å². The van der Waals surface area contributed by atoms with E-state index in [-0.39, 0.29) is 24.4 Å². The van der Waals surface area contributed by atoms with E-state index < -0.39 is 23.9 Å². The van der Waals surface area contributed by atoms with Crippen LogP contribution in [0.15, 0.2) is 48.6 Å². The van der Waals surface area contributed by atoms with Gasteiger partial charge in [-0.1, -0.05) is 63.6 Å². The maximum atomic E-state index is 11.9. The van der Waals surface area contributed by atoms with Crippen molar-refractivity contribution in [3.8, 4) is 0 Å². The summed E-state index contributed by atoms with van der Waals surface area (Å²) in [7, 11) is 2.25. The molecule has 1 fully saturated rings. The Bertz CT molecular complexity index is 824. The van der Waals surface area contributed by atoms with Gasteiger partial charge in [-0.2, -0.15) is 0 Å². The first-order chi connectivity index (χ1) is 18.7. The third-order valence-corrected chi connectivity index (χ3v) is 8.13. The Balaban J connectivity index is 2.15. The molecular weight excluding hydrogens is 513 g/mol. The third-order valence-electron chi connectivity index (χ3n) is 7.80. The molecule has 1 saturated carbocycles. The zero-order valence-corrected chi connectivity index (χ0v) is 25.3. The van der Waals surface area contributed by atoms with Crippen LogP contribution in [-0.2, 0) is 14.1 Å². The highest BCUT2D eigenvalue weighted by atomic mass is 31.0. The number of allylic oxidation sites excluding steroid dienone is 3. The molecule has 1 aliphatic heterocycles. The van der Waals surface area contributed by atoms with Crippen molar-refractivity contribution in [2.45, 2.75) is 109 Å². The molecule has 39 heavy (non-hydrogen) atoms. The predicted molar refractivity (Wildman–Crippen MR) is 160 cm³/mol. The van der Waals surface area contributed by atoms with Gasteiger partial charge in [0.15, 0.2) is 0 Å². The van der Waals surface area contributed by atoms with Gasteiger partial charge in [-0.25, -0.2) is 4.79 Å². The standard InChI is InChI=1S/C31H52NO6P/c1-4-19-32(20-5-2)21-18-31(36,17-16-28-25(6-3)14-15-30(35)37-28)29(38-39)23-27(34)12-8-7-10-24-11-9-13-26(33)22-24/h7-8,10,12,14-17,24-29,33-34,36H,4-6,9,11,13,18-23,39H2,1-3H3. The molecule has 1 heterocycles. The van der Waals surface area contributed by atoms with Crippen molar-refractivity contribution in [1.82, 2.24) is 4.90 Å². The minimum atomic E-state index is -1.38. The number of aliphatic hydroxyl groups excluding tert-OH is 2. The minimum absolute atomic E-state index is 0.0424. The number of nitrogens with zero attached hydrogens (tertiary/aromatic N) is 1. The summed E-state index contributed by atoms with van der Waals surface area (Å²) >= 11 is 0. The Hall–Kier alpha value is -1.34. The number of ether oxygens (including phenoxy) is 1. The molecule has 2 rings (SSSR count). The fourth-order valence-electron chi connectivity index (χ4n) is 5.51. The van der Waals surface area contributed by atoms with Gasteiger partial charge in [0.1, 0.15) is 11.7 Å². The highest BCUT2D eigenvalue weighted by molar-refractivity contribution is 7.09. The van der Waals surface area contributed by atoms with Crippen LogP contribution >= 0.6 is 9.47 Å². The fourth-order valence-corrected chi connectivity index (χ4v) is 5.85. The average Bonchev–Trinajstić information content (AvgIpc) is 2.92. The average molecular weight is 566 g/mol. The molecule has 8 atom stereocenters. The summed E-state index contributed by atoms with van der Waals surface area (Å²) in [5.41, 5.74) is -1.38. The third kappa shape index (κ3) is 12.0. The molecule has 8 unspecified atom stereocenters. The zero-order valence-electron chi connectivity index (χ0n) is 24.2. The van der Waals surface area contributed by atoms with Crippen molar-refractivity contribution in [1.29, 1.82) is 0 Å². The van der Waals surface area contributed by atoms with E-state index in [1.807, 2.05) is 25.2 Å². The Morgan fingerprint density at radius 3 is 2.56 bits per heavy atom. The van der Waals surface area contributed by atoms with E-state index in [2.05, 4.69) is 34.3 Å². The Morgan fingerprint density at radius 2 is 1.92 bits per heavy atom. The van der Waals surface area contributed by atoms with Gasteiger partial charge in [0.25, 0.3) is 0 Å². The molecule has 3 N–H and O–H groups in total. The molecule has 0 bridgehead atoms. The van der Waals surface area contributed by atoms with Gasteiger partial charge in [0.05, 0.1) is 18.3 Å². The first kappa shape index (κ1) is 33.9. The fraction of sp³-hybridized carbons (Fsp3) is 0.710. The topological polar surface area (TPSA) is 99.5 Å². The summed E-state index contributed by atoms with van der Waals surface area (Å²) in [5, 5.41) is 32.6. The number of rotatable bonds is 17. The van der Waals surface area contributed by atoms with E-state index in [0.29, 0.717) is 18.9 Å². The van der Waals surface area contributed by atoms with E-state index in [4.69, 9.17) is 9.26 Å². The molecular formula is C31H52NO6P. The van der Waals surface area contributed by atoms with Gasteiger partial charge in [-0.15, -0.1) is 0 Å². The molecule has 2 aliphatic rings. The molecule has 0 aromatic heterocycles. The Kier molecular flexibility index (Phi) is 15.8. The first-order valence-corrected chi connectivity index (χ1v) is 15.3. The van der Waals surface area contributed by atoms with Crippen molar-refractivity contribution >= 4 is 15.4 Å². The van der Waals surface area contributed by atoms with E-state index >= 15 is 0 Å². The van der Waals surface area contributed by atoms with Crippen LogP contribution in [-0.4, -0.2) is 75.8 Å². The van der Waals surface area contributed by atoms with Crippen molar-refractivity contribution in [3.05, 3.63) is 48.6 Å². The van der Waals surface area contributed by atoms with Gasteiger partial charge in [-0.05, 0) is 70.0 Å². The molecule has 0 saturated heterocycles. The summed E-state index contributed by atoms with van der Waals surface area (Å²) in [6.45, 7) is 8.89. The highest BCUT2D eigenvalue weighted by Crippen LogP contribution is 2.29. The predicted octanol–water partition coefficient (Wildman–Crippen LogP) is 4.88. The lowest BCUT2D eigenvalue weighted by Gasteiger charge is -2.36. The highest BCUT2D eigenvalue weighted by Gasteiger charge is 2.37. The lowest BCUT2D eigenvalue weighted by molar-refractivity contribution is -0.143. The molecule has 8 heteroatoms. The molecule has 0 aromatic carbocycles. The van der Waals surface area contributed by atoms with Gasteiger partial charge in [0.2, 0.25) is 0 Å². The molecule has 0 amide bonds. The largest absolute Gasteiger partial charge is 0.454 e. The number of hydrogen-bond donors (Lipinski definition) is 3. The lowest BCUT2D eigenvalue weighted by Crippen LogP contribution is -2.46. The molecule has 0 aromatic rings. The van der Waals surface area contributed by atoms with Gasteiger partial charge in [-0.3, -0.25) is 0 Å². The lowest BCUT2D eigenvalue weighted by atomic mass is 9.86. The van der Waals surface area contributed by atoms with Crippen LogP contribution in [0.2, 0.25) is 0 Å². The molecule has 222 valence electrons. The number of esters is 1.